The molecule has 1 heterocycles. The highest BCUT2D eigenvalue weighted by Gasteiger charge is 2.12. The second kappa shape index (κ2) is 4.37. The summed E-state index contributed by atoms with van der Waals surface area (Å²) in [4.78, 5) is 15.6. The Morgan fingerprint density at radius 1 is 1.21 bits per heavy atom. The molecular formula is C14H10N2O2S. The van der Waals surface area contributed by atoms with Crippen molar-refractivity contribution in [3.05, 3.63) is 48.0 Å². The highest BCUT2D eigenvalue weighted by Crippen LogP contribution is 2.31. The molecular weight excluding hydrogens is 260 g/mol. The van der Waals surface area contributed by atoms with Crippen LogP contribution in [-0.2, 0) is 0 Å². The maximum atomic E-state index is 11.1. The molecule has 0 aliphatic rings. The van der Waals surface area contributed by atoms with Crippen LogP contribution in [0.25, 0.3) is 20.8 Å². The maximum absolute atomic E-state index is 11.1. The fourth-order valence-electron chi connectivity index (χ4n) is 1.87. The molecule has 0 saturated heterocycles. The summed E-state index contributed by atoms with van der Waals surface area (Å²) in [5.74, 6) is -1.03. The Balaban J connectivity index is 2.16. The van der Waals surface area contributed by atoms with E-state index < -0.39 is 5.97 Å². The summed E-state index contributed by atoms with van der Waals surface area (Å²) >= 11 is 1.53. The zero-order valence-corrected chi connectivity index (χ0v) is 10.6. The van der Waals surface area contributed by atoms with Gasteiger partial charge in [-0.15, -0.1) is 11.3 Å². The Bertz CT molecular complexity index is 747. The van der Waals surface area contributed by atoms with Crippen molar-refractivity contribution in [2.45, 2.75) is 0 Å². The van der Waals surface area contributed by atoms with Crippen molar-refractivity contribution < 1.29 is 9.90 Å². The molecule has 5 heteroatoms. The number of hydrogen-bond acceptors (Lipinski definition) is 4. The minimum absolute atomic E-state index is 0.108. The molecule has 3 rings (SSSR count). The molecule has 3 aromatic rings. The van der Waals surface area contributed by atoms with Gasteiger partial charge in [0.25, 0.3) is 0 Å². The Kier molecular flexibility index (Phi) is 2.68. The van der Waals surface area contributed by atoms with Crippen LogP contribution >= 0.6 is 11.3 Å². The fourth-order valence-corrected chi connectivity index (χ4v) is 2.83. The molecule has 0 atom stereocenters. The second-order valence-electron chi connectivity index (χ2n) is 4.09. The number of para-hydroxylation sites is 1. The van der Waals surface area contributed by atoms with Crippen molar-refractivity contribution in [2.24, 2.45) is 0 Å². The highest BCUT2D eigenvalue weighted by atomic mass is 32.1. The lowest BCUT2D eigenvalue weighted by Gasteiger charge is -2.02. The molecule has 2 aromatic carbocycles. The van der Waals surface area contributed by atoms with Gasteiger partial charge in [-0.05, 0) is 30.3 Å². The van der Waals surface area contributed by atoms with Crippen LogP contribution < -0.4 is 5.73 Å². The van der Waals surface area contributed by atoms with Gasteiger partial charge in [0.1, 0.15) is 5.01 Å². The molecule has 1 aromatic heterocycles. The number of aromatic carboxylic acids is 1. The van der Waals surface area contributed by atoms with E-state index in [4.69, 9.17) is 10.8 Å². The summed E-state index contributed by atoms with van der Waals surface area (Å²) in [6, 6.07) is 12.8. The molecule has 0 aliphatic heterocycles. The lowest BCUT2D eigenvalue weighted by molar-refractivity contribution is 0.0698. The zero-order valence-electron chi connectivity index (χ0n) is 9.83. The second-order valence-corrected chi connectivity index (χ2v) is 5.12. The molecule has 0 aliphatic carbocycles. The third-order valence-corrected chi connectivity index (χ3v) is 3.91. The quantitative estimate of drug-likeness (QED) is 0.701. The largest absolute Gasteiger partial charge is 0.478 e. The van der Waals surface area contributed by atoms with Crippen LogP contribution in [-0.4, -0.2) is 16.1 Å². The van der Waals surface area contributed by atoms with Crippen LogP contribution in [0.15, 0.2) is 42.5 Å². The fraction of sp³-hybridized carbons (Fsp3) is 0. The van der Waals surface area contributed by atoms with Gasteiger partial charge in [0.15, 0.2) is 0 Å². The summed E-state index contributed by atoms with van der Waals surface area (Å²) < 4.78 is 1.08. The van der Waals surface area contributed by atoms with Crippen molar-refractivity contribution >= 4 is 33.2 Å². The molecule has 94 valence electrons. The van der Waals surface area contributed by atoms with Crippen molar-refractivity contribution in [3.63, 3.8) is 0 Å². The first-order valence-electron chi connectivity index (χ1n) is 5.64. The average Bonchev–Trinajstić information content (AvgIpc) is 2.82. The number of hydrogen-bond donors (Lipinski definition) is 2. The van der Waals surface area contributed by atoms with Crippen molar-refractivity contribution in [1.29, 1.82) is 0 Å². The van der Waals surface area contributed by atoms with E-state index in [1.54, 1.807) is 18.2 Å². The number of nitrogens with zero attached hydrogens (tertiary/aromatic N) is 1. The Labute approximate surface area is 113 Å². The molecule has 0 fully saturated rings. The number of carboxylic acid groups (broad SMARTS) is 1. The third kappa shape index (κ3) is 2.04. The molecule has 0 saturated carbocycles. The van der Waals surface area contributed by atoms with E-state index in [0.717, 1.165) is 20.8 Å². The topological polar surface area (TPSA) is 76.2 Å². The summed E-state index contributed by atoms with van der Waals surface area (Å²) in [5.41, 5.74) is 7.70. The lowest BCUT2D eigenvalue weighted by Crippen LogP contribution is -2.02. The van der Waals surface area contributed by atoms with Gasteiger partial charge in [-0.1, -0.05) is 12.1 Å². The standard InChI is InChI=1S/C14H10N2O2S/c15-10-6-5-8(7-9(10)14(17)18)13-16-11-3-1-2-4-12(11)19-13/h1-7H,15H2,(H,17,18). The average molecular weight is 270 g/mol. The summed E-state index contributed by atoms with van der Waals surface area (Å²) in [6.07, 6.45) is 0. The molecule has 0 bridgehead atoms. The molecule has 0 spiro atoms. The number of fused-ring (bicyclic) bond motifs is 1. The van der Waals surface area contributed by atoms with Gasteiger partial charge in [0.05, 0.1) is 15.8 Å². The Morgan fingerprint density at radius 2 is 2.00 bits per heavy atom. The van der Waals surface area contributed by atoms with Gasteiger partial charge < -0.3 is 10.8 Å². The van der Waals surface area contributed by atoms with E-state index in [-0.39, 0.29) is 11.3 Å². The number of rotatable bonds is 2. The maximum Gasteiger partial charge on any atom is 0.337 e. The molecule has 19 heavy (non-hydrogen) atoms. The predicted octanol–water partition coefficient (Wildman–Crippen LogP) is 3.24. The smallest absolute Gasteiger partial charge is 0.337 e. The number of aromatic nitrogens is 1. The minimum Gasteiger partial charge on any atom is -0.478 e. The first kappa shape index (κ1) is 11.7. The SMILES string of the molecule is Nc1ccc(-c2nc3ccccc3s2)cc1C(=O)O. The van der Waals surface area contributed by atoms with Gasteiger partial charge in [0, 0.05) is 11.3 Å². The molecule has 0 amide bonds. The van der Waals surface area contributed by atoms with Crippen molar-refractivity contribution in [3.8, 4) is 10.6 Å². The zero-order chi connectivity index (χ0) is 13.4. The third-order valence-electron chi connectivity index (χ3n) is 2.82. The van der Waals surface area contributed by atoms with Gasteiger partial charge in [-0.25, -0.2) is 9.78 Å². The lowest BCUT2D eigenvalue weighted by atomic mass is 10.1. The number of carboxylic acids is 1. The molecule has 0 radical (unpaired) electrons. The van der Waals surface area contributed by atoms with E-state index in [2.05, 4.69) is 4.98 Å². The van der Waals surface area contributed by atoms with Crippen LogP contribution in [0.4, 0.5) is 5.69 Å². The number of anilines is 1. The van der Waals surface area contributed by atoms with Crippen LogP contribution in [0.5, 0.6) is 0 Å². The van der Waals surface area contributed by atoms with E-state index >= 15 is 0 Å². The summed E-state index contributed by atoms with van der Waals surface area (Å²) in [6.45, 7) is 0. The van der Waals surface area contributed by atoms with Gasteiger partial charge >= 0.3 is 5.97 Å². The normalized spacial score (nSPS) is 10.7. The number of thiazole rings is 1. The van der Waals surface area contributed by atoms with Gasteiger partial charge in [-0.2, -0.15) is 0 Å². The van der Waals surface area contributed by atoms with Crippen LogP contribution in [0.1, 0.15) is 10.4 Å². The predicted molar refractivity (Wildman–Crippen MR) is 76.4 cm³/mol. The van der Waals surface area contributed by atoms with E-state index in [9.17, 15) is 4.79 Å². The molecule has 4 nitrogen and oxygen atoms in total. The summed E-state index contributed by atoms with van der Waals surface area (Å²) in [5, 5.41) is 9.87. The van der Waals surface area contributed by atoms with E-state index in [1.807, 2.05) is 24.3 Å². The van der Waals surface area contributed by atoms with Gasteiger partial charge in [0.2, 0.25) is 0 Å². The molecule has 0 unspecified atom stereocenters. The number of nitrogens with two attached hydrogens (primary N) is 1. The van der Waals surface area contributed by atoms with E-state index in [1.165, 1.54) is 11.3 Å². The highest BCUT2D eigenvalue weighted by molar-refractivity contribution is 7.21. The first-order valence-corrected chi connectivity index (χ1v) is 6.45. The Hall–Kier alpha value is -2.40. The van der Waals surface area contributed by atoms with Gasteiger partial charge in [-0.3, -0.25) is 0 Å². The number of benzene rings is 2. The van der Waals surface area contributed by atoms with E-state index in [0.29, 0.717) is 0 Å². The number of carbonyl (C=O) groups is 1. The van der Waals surface area contributed by atoms with Crippen molar-refractivity contribution in [2.75, 3.05) is 5.73 Å². The summed E-state index contributed by atoms with van der Waals surface area (Å²) in [7, 11) is 0. The molecule has 3 N–H and O–H groups in total. The van der Waals surface area contributed by atoms with Crippen LogP contribution in [0.3, 0.4) is 0 Å². The van der Waals surface area contributed by atoms with Crippen LogP contribution in [0, 0.1) is 0 Å². The van der Waals surface area contributed by atoms with Crippen LogP contribution in [0.2, 0.25) is 0 Å². The monoisotopic (exact) mass is 270 g/mol. The number of nitrogen functional groups attached to an aromatic ring is 1. The minimum atomic E-state index is -1.03. The van der Waals surface area contributed by atoms with Crippen molar-refractivity contribution in [1.82, 2.24) is 4.98 Å². The first-order chi connectivity index (χ1) is 9.15. The Morgan fingerprint density at radius 3 is 2.74 bits per heavy atom.